The Morgan fingerprint density at radius 2 is 2.03 bits per heavy atom. The molecule has 3 heterocycles. The highest BCUT2D eigenvalue weighted by atomic mass is 35.5. The molecule has 160 valence electrons. The molecule has 0 fully saturated rings. The molecule has 1 N–H and O–H groups in total. The van der Waals surface area contributed by atoms with Gasteiger partial charge in [-0.05, 0) is 40.6 Å². The number of methoxy groups -OCH3 is 1. The third-order valence-electron chi connectivity index (χ3n) is 5.02. The number of aromatic amines is 1. The van der Waals surface area contributed by atoms with Gasteiger partial charge in [-0.2, -0.15) is 0 Å². The van der Waals surface area contributed by atoms with E-state index in [1.54, 1.807) is 0 Å². The lowest BCUT2D eigenvalue weighted by molar-refractivity contribution is 0.0589. The zero-order valence-electron chi connectivity index (χ0n) is 17.2. The summed E-state index contributed by atoms with van der Waals surface area (Å²) in [6.45, 7) is 2.59. The van der Waals surface area contributed by atoms with Crippen LogP contribution in [-0.4, -0.2) is 47.8 Å². The van der Waals surface area contributed by atoms with Crippen molar-refractivity contribution in [3.63, 3.8) is 0 Å². The number of benzene rings is 1. The summed E-state index contributed by atoms with van der Waals surface area (Å²) >= 11 is 6.27. The lowest BCUT2D eigenvalue weighted by Gasteiger charge is -2.12. The second-order valence-electron chi connectivity index (χ2n) is 7.07. The minimum Gasteiger partial charge on any atom is -0.464 e. The first-order valence-electron chi connectivity index (χ1n) is 9.95. The van der Waals surface area contributed by atoms with Crippen LogP contribution in [0.15, 0.2) is 42.7 Å². The third-order valence-corrected chi connectivity index (χ3v) is 5.29. The number of nitrogens with one attached hydrogen (secondary N) is 1. The van der Waals surface area contributed by atoms with Crippen LogP contribution in [-0.2, 0) is 17.7 Å². The first-order valence-corrected chi connectivity index (χ1v) is 10.3. The average molecular weight is 440 g/mol. The van der Waals surface area contributed by atoms with Crippen LogP contribution < -0.4 is 0 Å². The van der Waals surface area contributed by atoms with Crippen molar-refractivity contribution in [3.8, 4) is 17.1 Å². The summed E-state index contributed by atoms with van der Waals surface area (Å²) in [5.74, 6) is 0.910. The number of carbonyl (C=O) groups excluding carboxylic acids is 1. The first kappa shape index (κ1) is 20.8. The van der Waals surface area contributed by atoms with Crippen molar-refractivity contribution in [1.82, 2.24) is 34.7 Å². The largest absolute Gasteiger partial charge is 0.464 e. The van der Waals surface area contributed by atoms with E-state index < -0.39 is 5.97 Å². The van der Waals surface area contributed by atoms with Crippen molar-refractivity contribution < 1.29 is 9.53 Å². The highest BCUT2D eigenvalue weighted by Crippen LogP contribution is 2.23. The number of imidazole rings is 1. The summed E-state index contributed by atoms with van der Waals surface area (Å²) < 4.78 is 8.76. The van der Waals surface area contributed by atoms with Gasteiger partial charge in [0.1, 0.15) is 5.82 Å². The molecule has 0 radical (unpaired) electrons. The van der Waals surface area contributed by atoms with Crippen LogP contribution in [0.3, 0.4) is 0 Å². The molecule has 0 unspecified atom stereocenters. The molecular formula is C21H22ClN7O2. The van der Waals surface area contributed by atoms with Crippen molar-refractivity contribution in [2.75, 3.05) is 7.11 Å². The second-order valence-corrected chi connectivity index (χ2v) is 7.43. The molecule has 0 spiro atoms. The van der Waals surface area contributed by atoms with Crippen molar-refractivity contribution in [2.24, 2.45) is 0 Å². The number of esters is 1. The number of halogens is 1. The third kappa shape index (κ3) is 4.36. The van der Waals surface area contributed by atoms with Gasteiger partial charge in [0.2, 0.25) is 0 Å². The summed E-state index contributed by atoms with van der Waals surface area (Å²) in [6, 6.07) is 10.00. The predicted molar refractivity (Wildman–Crippen MR) is 115 cm³/mol. The van der Waals surface area contributed by atoms with Gasteiger partial charge < -0.3 is 13.9 Å². The van der Waals surface area contributed by atoms with Gasteiger partial charge in [0.05, 0.1) is 7.11 Å². The molecule has 4 aromatic rings. The van der Waals surface area contributed by atoms with Crippen LogP contribution in [0.4, 0.5) is 0 Å². The summed E-state index contributed by atoms with van der Waals surface area (Å²) in [7, 11) is 1.34. The highest BCUT2D eigenvalue weighted by Gasteiger charge is 2.22. The SMILES string of the molecule is CCCCc1nc(Cl)c(C(=O)OC)n1Cc1ccc(-n2ccc(-c3nnn[nH]3)c2)cc1. The van der Waals surface area contributed by atoms with Crippen LogP contribution in [0.25, 0.3) is 17.1 Å². The summed E-state index contributed by atoms with van der Waals surface area (Å²) in [6.07, 6.45) is 6.62. The normalized spacial score (nSPS) is 11.1. The quantitative estimate of drug-likeness (QED) is 0.420. The molecule has 3 aromatic heterocycles. The fraction of sp³-hybridized carbons (Fsp3) is 0.286. The molecule has 10 heteroatoms. The van der Waals surface area contributed by atoms with Crippen molar-refractivity contribution in [2.45, 2.75) is 32.7 Å². The number of tetrazole rings is 1. The molecule has 0 saturated heterocycles. The number of ether oxygens (including phenoxy) is 1. The summed E-state index contributed by atoms with van der Waals surface area (Å²) in [5, 5.41) is 14.1. The predicted octanol–water partition coefficient (Wildman–Crippen LogP) is 3.68. The Balaban J connectivity index is 1.58. The van der Waals surface area contributed by atoms with Gasteiger partial charge in [-0.1, -0.05) is 37.1 Å². The van der Waals surface area contributed by atoms with E-state index in [-0.39, 0.29) is 10.8 Å². The van der Waals surface area contributed by atoms with Crippen LogP contribution in [0.2, 0.25) is 5.15 Å². The molecule has 0 aliphatic carbocycles. The Hall–Kier alpha value is -3.46. The number of aryl methyl sites for hydroxylation is 1. The number of nitrogens with zero attached hydrogens (tertiary/aromatic N) is 6. The van der Waals surface area contributed by atoms with Crippen LogP contribution in [0, 0.1) is 0 Å². The molecule has 9 nitrogen and oxygen atoms in total. The van der Waals surface area contributed by atoms with Crippen LogP contribution in [0.1, 0.15) is 41.6 Å². The topological polar surface area (TPSA) is 104 Å². The molecule has 4 rings (SSSR count). The number of unbranched alkanes of at least 4 members (excludes halogenated alkanes) is 1. The second kappa shape index (κ2) is 9.13. The number of H-pyrrole nitrogens is 1. The molecule has 1 aromatic carbocycles. The van der Waals surface area contributed by atoms with E-state index in [2.05, 4.69) is 32.5 Å². The van der Waals surface area contributed by atoms with E-state index in [1.165, 1.54) is 7.11 Å². The van der Waals surface area contributed by atoms with Crippen molar-refractivity contribution in [1.29, 1.82) is 0 Å². The molecule has 0 saturated carbocycles. The highest BCUT2D eigenvalue weighted by molar-refractivity contribution is 6.32. The lowest BCUT2D eigenvalue weighted by atomic mass is 10.2. The smallest absolute Gasteiger partial charge is 0.357 e. The number of aromatic nitrogens is 7. The Morgan fingerprint density at radius 1 is 1.23 bits per heavy atom. The zero-order chi connectivity index (χ0) is 21.8. The van der Waals surface area contributed by atoms with Crippen LogP contribution in [0.5, 0.6) is 0 Å². The summed E-state index contributed by atoms with van der Waals surface area (Å²) in [4.78, 5) is 16.7. The number of rotatable bonds is 8. The minimum absolute atomic E-state index is 0.177. The maximum atomic E-state index is 12.3. The van der Waals surface area contributed by atoms with E-state index in [9.17, 15) is 4.79 Å². The van der Waals surface area contributed by atoms with E-state index in [0.29, 0.717) is 12.4 Å². The van der Waals surface area contributed by atoms with E-state index in [4.69, 9.17) is 16.3 Å². The Bertz CT molecular complexity index is 1160. The Kier molecular flexibility index (Phi) is 6.13. The van der Waals surface area contributed by atoms with Gasteiger partial charge in [-0.15, -0.1) is 5.10 Å². The van der Waals surface area contributed by atoms with Gasteiger partial charge in [-0.25, -0.2) is 14.9 Å². The van der Waals surface area contributed by atoms with E-state index >= 15 is 0 Å². The number of hydrogen-bond donors (Lipinski definition) is 1. The molecule has 0 aliphatic heterocycles. The Morgan fingerprint density at radius 3 is 2.71 bits per heavy atom. The summed E-state index contributed by atoms with van der Waals surface area (Å²) in [5.41, 5.74) is 3.19. The number of carbonyl (C=O) groups is 1. The molecule has 0 bridgehead atoms. The van der Waals surface area contributed by atoms with E-state index in [0.717, 1.165) is 41.9 Å². The lowest BCUT2D eigenvalue weighted by Crippen LogP contribution is -2.14. The molecule has 0 atom stereocenters. The van der Waals surface area contributed by atoms with Crippen LogP contribution >= 0.6 is 11.6 Å². The fourth-order valence-electron chi connectivity index (χ4n) is 3.39. The van der Waals surface area contributed by atoms with Crippen molar-refractivity contribution >= 4 is 17.6 Å². The monoisotopic (exact) mass is 439 g/mol. The minimum atomic E-state index is -0.487. The fourth-order valence-corrected chi connectivity index (χ4v) is 3.67. The molecule has 0 amide bonds. The molecule has 0 aliphatic rings. The van der Waals surface area contributed by atoms with Crippen molar-refractivity contribution in [3.05, 3.63) is 65.0 Å². The maximum absolute atomic E-state index is 12.3. The van der Waals surface area contributed by atoms with Gasteiger partial charge in [0, 0.05) is 36.6 Å². The molecule has 31 heavy (non-hydrogen) atoms. The van der Waals surface area contributed by atoms with Gasteiger partial charge in [0.25, 0.3) is 0 Å². The zero-order valence-corrected chi connectivity index (χ0v) is 18.0. The Labute approximate surface area is 184 Å². The standard InChI is InChI=1S/C21H22ClN7O2/c1-3-4-5-17-23-19(22)18(21(30)31-2)29(17)12-14-6-8-16(9-7-14)28-11-10-15(13-28)20-24-26-27-25-20/h6-11,13H,3-5,12H2,1-2H3,(H,24,25,26,27). The average Bonchev–Trinajstić information content (AvgIpc) is 3.53. The van der Waals surface area contributed by atoms with Gasteiger partial charge >= 0.3 is 5.97 Å². The number of hydrogen-bond acceptors (Lipinski definition) is 6. The maximum Gasteiger partial charge on any atom is 0.357 e. The first-order chi connectivity index (χ1) is 15.1. The van der Waals surface area contributed by atoms with Gasteiger partial charge in [0.15, 0.2) is 16.7 Å². The van der Waals surface area contributed by atoms with E-state index in [1.807, 2.05) is 51.9 Å². The molecular weight excluding hydrogens is 418 g/mol. The van der Waals surface area contributed by atoms with Gasteiger partial charge in [-0.3, -0.25) is 0 Å².